The standard InChI is InChI=1S/C28H26N2O3/c1-19-14-27-26(17-23(19)18-30-20(2)31)28(12-13-29-27)33-25-10-8-22(9-11-25)16-24(32)15-21-6-4-3-5-7-21/h3-14,17H,15-16,18H2,1-2H3,(H,30,31). The Morgan fingerprint density at radius 3 is 2.30 bits per heavy atom. The summed E-state index contributed by atoms with van der Waals surface area (Å²) in [5, 5.41) is 3.73. The highest BCUT2D eigenvalue weighted by atomic mass is 16.5. The topological polar surface area (TPSA) is 68.3 Å². The number of Topliss-reactive ketones (excluding diaryl/α,β-unsaturated/α-hetero) is 1. The molecule has 0 atom stereocenters. The van der Waals surface area contributed by atoms with E-state index in [2.05, 4.69) is 10.3 Å². The summed E-state index contributed by atoms with van der Waals surface area (Å²) >= 11 is 0. The first-order chi connectivity index (χ1) is 16.0. The van der Waals surface area contributed by atoms with Crippen LogP contribution in [0.4, 0.5) is 0 Å². The van der Waals surface area contributed by atoms with Crippen molar-refractivity contribution in [3.8, 4) is 11.5 Å². The third kappa shape index (κ3) is 5.83. The van der Waals surface area contributed by atoms with Gasteiger partial charge in [-0.1, -0.05) is 42.5 Å². The summed E-state index contributed by atoms with van der Waals surface area (Å²) in [4.78, 5) is 28.2. The number of rotatable bonds is 8. The number of hydrogen-bond donors (Lipinski definition) is 1. The second kappa shape index (κ2) is 10.1. The number of carbonyl (C=O) groups excluding carboxylic acids is 2. The molecule has 0 bridgehead atoms. The summed E-state index contributed by atoms with van der Waals surface area (Å²) in [7, 11) is 0. The van der Waals surface area contributed by atoms with Crippen LogP contribution in [0.3, 0.4) is 0 Å². The Labute approximate surface area is 193 Å². The highest BCUT2D eigenvalue weighted by Crippen LogP contribution is 2.31. The summed E-state index contributed by atoms with van der Waals surface area (Å²) in [5.41, 5.74) is 4.89. The predicted octanol–water partition coefficient (Wildman–Crippen LogP) is 5.33. The van der Waals surface area contributed by atoms with E-state index in [0.717, 1.165) is 33.2 Å². The van der Waals surface area contributed by atoms with Crippen molar-refractivity contribution >= 4 is 22.6 Å². The Morgan fingerprint density at radius 2 is 1.61 bits per heavy atom. The lowest BCUT2D eigenvalue weighted by Crippen LogP contribution is -2.19. The van der Waals surface area contributed by atoms with Crippen molar-refractivity contribution in [2.45, 2.75) is 33.2 Å². The Balaban J connectivity index is 1.48. The molecule has 0 saturated carbocycles. The highest BCUT2D eigenvalue weighted by Gasteiger charge is 2.10. The molecule has 0 radical (unpaired) electrons. The fourth-order valence-electron chi connectivity index (χ4n) is 3.73. The van der Waals surface area contributed by atoms with Gasteiger partial charge in [0.15, 0.2) is 0 Å². The summed E-state index contributed by atoms with van der Waals surface area (Å²) < 4.78 is 6.16. The molecule has 33 heavy (non-hydrogen) atoms. The van der Waals surface area contributed by atoms with E-state index in [1.54, 1.807) is 6.20 Å². The van der Waals surface area contributed by atoms with E-state index in [1.165, 1.54) is 6.92 Å². The maximum atomic E-state index is 12.4. The summed E-state index contributed by atoms with van der Waals surface area (Å²) in [5.74, 6) is 1.49. The van der Waals surface area contributed by atoms with Crippen molar-refractivity contribution in [1.29, 1.82) is 0 Å². The quantitative estimate of drug-likeness (QED) is 0.404. The van der Waals surface area contributed by atoms with Crippen molar-refractivity contribution in [1.82, 2.24) is 10.3 Å². The van der Waals surface area contributed by atoms with E-state index in [4.69, 9.17) is 4.74 Å². The zero-order valence-electron chi connectivity index (χ0n) is 18.8. The number of aryl methyl sites for hydroxylation is 1. The van der Waals surface area contributed by atoms with Gasteiger partial charge < -0.3 is 10.1 Å². The van der Waals surface area contributed by atoms with Crippen LogP contribution >= 0.6 is 0 Å². The average molecular weight is 439 g/mol. The number of benzene rings is 3. The summed E-state index contributed by atoms with van der Waals surface area (Å²) in [6.07, 6.45) is 2.54. The number of nitrogens with one attached hydrogen (secondary N) is 1. The van der Waals surface area contributed by atoms with Crippen LogP contribution < -0.4 is 10.1 Å². The Hall–Kier alpha value is -3.99. The third-order valence-electron chi connectivity index (χ3n) is 5.48. The molecule has 0 saturated heterocycles. The molecule has 4 aromatic rings. The van der Waals surface area contributed by atoms with Gasteiger partial charge in [0.25, 0.3) is 0 Å². The van der Waals surface area contributed by atoms with Crippen LogP contribution in [0.5, 0.6) is 11.5 Å². The van der Waals surface area contributed by atoms with Gasteiger partial charge in [0.1, 0.15) is 17.3 Å². The molecule has 1 N–H and O–H groups in total. The van der Waals surface area contributed by atoms with Crippen LogP contribution in [-0.2, 0) is 29.0 Å². The average Bonchev–Trinajstić information content (AvgIpc) is 2.80. The van der Waals surface area contributed by atoms with Gasteiger partial charge in [0.05, 0.1) is 5.52 Å². The molecule has 5 heteroatoms. The van der Waals surface area contributed by atoms with Crippen molar-refractivity contribution in [2.75, 3.05) is 0 Å². The minimum atomic E-state index is -0.0699. The van der Waals surface area contributed by atoms with Gasteiger partial charge in [0, 0.05) is 37.9 Å². The van der Waals surface area contributed by atoms with Gasteiger partial charge in [0.2, 0.25) is 5.91 Å². The molecule has 1 aromatic heterocycles. The zero-order valence-corrected chi connectivity index (χ0v) is 18.8. The first-order valence-electron chi connectivity index (χ1n) is 10.9. The largest absolute Gasteiger partial charge is 0.457 e. The minimum Gasteiger partial charge on any atom is -0.457 e. The van der Waals surface area contributed by atoms with Crippen molar-refractivity contribution in [3.63, 3.8) is 0 Å². The maximum Gasteiger partial charge on any atom is 0.217 e. The van der Waals surface area contributed by atoms with Gasteiger partial charge in [-0.3, -0.25) is 14.6 Å². The number of amides is 1. The third-order valence-corrected chi connectivity index (χ3v) is 5.48. The molecule has 0 aliphatic heterocycles. The van der Waals surface area contributed by atoms with Gasteiger partial charge in [-0.05, 0) is 59.5 Å². The van der Waals surface area contributed by atoms with Gasteiger partial charge in [-0.25, -0.2) is 0 Å². The van der Waals surface area contributed by atoms with Gasteiger partial charge in [-0.15, -0.1) is 0 Å². The van der Waals surface area contributed by atoms with E-state index >= 15 is 0 Å². The molecule has 0 spiro atoms. The number of aromatic nitrogens is 1. The SMILES string of the molecule is CC(=O)NCc1cc2c(Oc3ccc(CC(=O)Cc4ccccc4)cc3)ccnc2cc1C. The Bertz CT molecular complexity index is 1280. The fraction of sp³-hybridized carbons (Fsp3) is 0.179. The lowest BCUT2D eigenvalue weighted by atomic mass is 10.0. The molecule has 0 aliphatic rings. The molecular formula is C28H26N2O3. The van der Waals surface area contributed by atoms with Crippen LogP contribution in [0.2, 0.25) is 0 Å². The number of carbonyl (C=O) groups is 2. The molecule has 166 valence electrons. The van der Waals surface area contributed by atoms with E-state index in [-0.39, 0.29) is 11.7 Å². The Morgan fingerprint density at radius 1 is 0.909 bits per heavy atom. The van der Waals surface area contributed by atoms with Crippen molar-refractivity contribution in [3.05, 3.63) is 101 Å². The molecule has 0 aliphatic carbocycles. The molecule has 5 nitrogen and oxygen atoms in total. The van der Waals surface area contributed by atoms with E-state index in [1.807, 2.05) is 79.7 Å². The summed E-state index contributed by atoms with van der Waals surface area (Å²) in [6, 6.07) is 23.2. The van der Waals surface area contributed by atoms with E-state index in [9.17, 15) is 9.59 Å². The van der Waals surface area contributed by atoms with E-state index in [0.29, 0.717) is 30.9 Å². The molecule has 0 unspecified atom stereocenters. The van der Waals surface area contributed by atoms with Crippen molar-refractivity contribution in [2.24, 2.45) is 0 Å². The number of ether oxygens (including phenoxy) is 1. The number of pyridine rings is 1. The minimum absolute atomic E-state index is 0.0699. The molecular weight excluding hydrogens is 412 g/mol. The number of nitrogens with zero attached hydrogens (tertiary/aromatic N) is 1. The van der Waals surface area contributed by atoms with Gasteiger partial charge >= 0.3 is 0 Å². The van der Waals surface area contributed by atoms with E-state index < -0.39 is 0 Å². The summed E-state index contributed by atoms with van der Waals surface area (Å²) in [6.45, 7) is 3.96. The predicted molar refractivity (Wildman–Crippen MR) is 129 cm³/mol. The molecule has 0 fully saturated rings. The second-order valence-electron chi connectivity index (χ2n) is 8.14. The number of fused-ring (bicyclic) bond motifs is 1. The second-order valence-corrected chi connectivity index (χ2v) is 8.14. The molecule has 3 aromatic carbocycles. The van der Waals surface area contributed by atoms with Crippen LogP contribution in [-0.4, -0.2) is 16.7 Å². The van der Waals surface area contributed by atoms with Crippen LogP contribution in [0.1, 0.15) is 29.2 Å². The van der Waals surface area contributed by atoms with Crippen LogP contribution in [0.25, 0.3) is 10.9 Å². The molecule has 1 amide bonds. The molecule has 4 rings (SSSR count). The van der Waals surface area contributed by atoms with Crippen LogP contribution in [0.15, 0.2) is 79.0 Å². The molecule has 1 heterocycles. The first-order valence-corrected chi connectivity index (χ1v) is 10.9. The van der Waals surface area contributed by atoms with Gasteiger partial charge in [-0.2, -0.15) is 0 Å². The monoisotopic (exact) mass is 438 g/mol. The number of hydrogen-bond acceptors (Lipinski definition) is 4. The first kappa shape index (κ1) is 22.2. The number of ketones is 1. The normalized spacial score (nSPS) is 10.7. The lowest BCUT2D eigenvalue weighted by Gasteiger charge is -2.12. The maximum absolute atomic E-state index is 12.4. The Kier molecular flexibility index (Phi) is 6.79. The fourth-order valence-corrected chi connectivity index (χ4v) is 3.73. The lowest BCUT2D eigenvalue weighted by molar-refractivity contribution is -0.119. The van der Waals surface area contributed by atoms with Crippen molar-refractivity contribution < 1.29 is 14.3 Å². The highest BCUT2D eigenvalue weighted by molar-refractivity contribution is 5.87. The zero-order chi connectivity index (χ0) is 23.2. The smallest absolute Gasteiger partial charge is 0.217 e. The van der Waals surface area contributed by atoms with Crippen LogP contribution in [0, 0.1) is 6.92 Å².